The molecule has 2 N–H and O–H groups in total. The standard InChI is InChI=1S/C12H15BrN2/c13-11-9-15(8-4-3-7-14)12-6-2-1-5-10(11)12/h1-2,5-6,9H,3-4,7-8,14H2. The van der Waals surface area contributed by atoms with E-state index in [4.69, 9.17) is 5.73 Å². The molecule has 0 unspecified atom stereocenters. The highest BCUT2D eigenvalue weighted by molar-refractivity contribution is 9.10. The van der Waals surface area contributed by atoms with Gasteiger partial charge in [0.1, 0.15) is 0 Å². The van der Waals surface area contributed by atoms with Crippen molar-refractivity contribution in [2.45, 2.75) is 19.4 Å². The lowest BCUT2D eigenvalue weighted by Crippen LogP contribution is -2.02. The van der Waals surface area contributed by atoms with Crippen molar-refractivity contribution < 1.29 is 0 Å². The van der Waals surface area contributed by atoms with Crippen molar-refractivity contribution >= 4 is 26.8 Å². The van der Waals surface area contributed by atoms with Crippen molar-refractivity contribution in [3.05, 3.63) is 34.9 Å². The SMILES string of the molecule is NCCCCn1cc(Br)c2ccccc21. The first kappa shape index (κ1) is 10.7. The third-order valence-electron chi connectivity index (χ3n) is 2.59. The predicted octanol–water partition coefficient (Wildman–Crippen LogP) is 3.14. The molecule has 0 aliphatic heterocycles. The second-order valence-electron chi connectivity index (χ2n) is 3.68. The molecule has 0 aliphatic rings. The number of benzene rings is 1. The Bertz CT molecular complexity index is 448. The van der Waals surface area contributed by atoms with E-state index in [9.17, 15) is 0 Å². The summed E-state index contributed by atoms with van der Waals surface area (Å²) in [6.45, 7) is 1.82. The molecule has 0 spiro atoms. The van der Waals surface area contributed by atoms with Crippen molar-refractivity contribution in [2.24, 2.45) is 5.73 Å². The van der Waals surface area contributed by atoms with Crippen LogP contribution in [0, 0.1) is 0 Å². The molecule has 0 bridgehead atoms. The van der Waals surface area contributed by atoms with Gasteiger partial charge in [-0.1, -0.05) is 18.2 Å². The van der Waals surface area contributed by atoms with Crippen LogP contribution in [0.4, 0.5) is 0 Å². The van der Waals surface area contributed by atoms with Gasteiger partial charge in [0.2, 0.25) is 0 Å². The number of fused-ring (bicyclic) bond motifs is 1. The summed E-state index contributed by atoms with van der Waals surface area (Å²) in [5, 5.41) is 1.28. The topological polar surface area (TPSA) is 30.9 Å². The molecule has 0 fully saturated rings. The number of nitrogens with two attached hydrogens (primary N) is 1. The van der Waals surface area contributed by atoms with Crippen molar-refractivity contribution in [3.8, 4) is 0 Å². The Morgan fingerprint density at radius 3 is 2.80 bits per heavy atom. The van der Waals surface area contributed by atoms with Gasteiger partial charge < -0.3 is 10.3 Å². The first-order valence-electron chi connectivity index (χ1n) is 5.26. The van der Waals surface area contributed by atoms with E-state index in [1.807, 2.05) is 0 Å². The third-order valence-corrected chi connectivity index (χ3v) is 3.23. The number of aromatic nitrogens is 1. The molecular weight excluding hydrogens is 252 g/mol. The van der Waals surface area contributed by atoms with Crippen molar-refractivity contribution in [3.63, 3.8) is 0 Å². The second kappa shape index (κ2) is 4.81. The van der Waals surface area contributed by atoms with Crippen molar-refractivity contribution in [1.82, 2.24) is 4.57 Å². The Balaban J connectivity index is 2.27. The smallest absolute Gasteiger partial charge is 0.0492 e. The molecule has 3 heteroatoms. The number of hydrogen-bond acceptors (Lipinski definition) is 1. The molecule has 15 heavy (non-hydrogen) atoms. The molecule has 2 rings (SSSR count). The molecule has 1 aromatic carbocycles. The van der Waals surface area contributed by atoms with Gasteiger partial charge in [-0.2, -0.15) is 0 Å². The number of para-hydroxylation sites is 1. The van der Waals surface area contributed by atoms with Gasteiger partial charge in [0.15, 0.2) is 0 Å². The monoisotopic (exact) mass is 266 g/mol. The predicted molar refractivity (Wildman–Crippen MR) is 67.9 cm³/mol. The minimum absolute atomic E-state index is 0.778. The molecule has 1 aromatic heterocycles. The zero-order chi connectivity index (χ0) is 10.7. The highest BCUT2D eigenvalue weighted by Gasteiger charge is 2.04. The number of aryl methyl sites for hydroxylation is 1. The lowest BCUT2D eigenvalue weighted by molar-refractivity contribution is 0.630. The van der Waals surface area contributed by atoms with Gasteiger partial charge in [-0.25, -0.2) is 0 Å². The van der Waals surface area contributed by atoms with E-state index in [-0.39, 0.29) is 0 Å². The quantitative estimate of drug-likeness (QED) is 0.848. The fourth-order valence-electron chi connectivity index (χ4n) is 1.81. The molecule has 2 aromatic rings. The molecule has 0 saturated heterocycles. The Morgan fingerprint density at radius 2 is 2.00 bits per heavy atom. The Kier molecular flexibility index (Phi) is 3.44. The van der Waals surface area contributed by atoms with Gasteiger partial charge in [0, 0.05) is 28.1 Å². The van der Waals surface area contributed by atoms with Gasteiger partial charge in [0.25, 0.3) is 0 Å². The Morgan fingerprint density at radius 1 is 1.20 bits per heavy atom. The van der Waals surface area contributed by atoms with E-state index in [0.717, 1.165) is 25.9 Å². The number of nitrogens with zero attached hydrogens (tertiary/aromatic N) is 1. The molecule has 1 heterocycles. The van der Waals surface area contributed by atoms with Gasteiger partial charge in [-0.05, 0) is 41.4 Å². The molecular formula is C12H15BrN2. The van der Waals surface area contributed by atoms with E-state index >= 15 is 0 Å². The largest absolute Gasteiger partial charge is 0.346 e. The highest BCUT2D eigenvalue weighted by Crippen LogP contribution is 2.26. The van der Waals surface area contributed by atoms with Crippen LogP contribution in [-0.2, 0) is 6.54 Å². The van der Waals surface area contributed by atoms with E-state index in [2.05, 4.69) is 51.0 Å². The molecule has 0 saturated carbocycles. The summed E-state index contributed by atoms with van der Waals surface area (Å²) < 4.78 is 3.46. The maximum absolute atomic E-state index is 5.49. The second-order valence-corrected chi connectivity index (χ2v) is 4.54. The van der Waals surface area contributed by atoms with Crippen LogP contribution in [0.15, 0.2) is 34.9 Å². The fourth-order valence-corrected chi connectivity index (χ4v) is 2.40. The lowest BCUT2D eigenvalue weighted by Gasteiger charge is -2.03. The highest BCUT2D eigenvalue weighted by atomic mass is 79.9. The lowest BCUT2D eigenvalue weighted by atomic mass is 10.2. The van der Waals surface area contributed by atoms with Crippen LogP contribution in [0.25, 0.3) is 10.9 Å². The maximum Gasteiger partial charge on any atom is 0.0492 e. The van der Waals surface area contributed by atoms with E-state index in [0.29, 0.717) is 0 Å². The van der Waals surface area contributed by atoms with Crippen LogP contribution in [0.5, 0.6) is 0 Å². The van der Waals surface area contributed by atoms with Gasteiger partial charge >= 0.3 is 0 Å². The summed E-state index contributed by atoms with van der Waals surface area (Å²) in [5.41, 5.74) is 6.78. The fraction of sp³-hybridized carbons (Fsp3) is 0.333. The van der Waals surface area contributed by atoms with Crippen LogP contribution in [-0.4, -0.2) is 11.1 Å². The molecule has 0 amide bonds. The molecule has 0 aliphatic carbocycles. The van der Waals surface area contributed by atoms with E-state index in [1.54, 1.807) is 0 Å². The summed E-state index contributed by atoms with van der Waals surface area (Å²) in [6.07, 6.45) is 4.38. The number of halogens is 1. The number of hydrogen-bond donors (Lipinski definition) is 1. The average molecular weight is 267 g/mol. The van der Waals surface area contributed by atoms with Gasteiger partial charge in [-0.3, -0.25) is 0 Å². The van der Waals surface area contributed by atoms with Crippen LogP contribution in [0.3, 0.4) is 0 Å². The first-order chi connectivity index (χ1) is 7.33. The summed E-state index contributed by atoms with van der Waals surface area (Å²) in [6, 6.07) is 8.44. The minimum Gasteiger partial charge on any atom is -0.346 e. The van der Waals surface area contributed by atoms with Crippen LogP contribution < -0.4 is 5.73 Å². The van der Waals surface area contributed by atoms with Gasteiger partial charge in [-0.15, -0.1) is 0 Å². The third kappa shape index (κ3) is 2.24. The number of rotatable bonds is 4. The average Bonchev–Trinajstić information content (AvgIpc) is 2.58. The maximum atomic E-state index is 5.49. The van der Waals surface area contributed by atoms with Crippen LogP contribution in [0.1, 0.15) is 12.8 Å². The van der Waals surface area contributed by atoms with Gasteiger partial charge in [0.05, 0.1) is 0 Å². The first-order valence-corrected chi connectivity index (χ1v) is 6.05. The summed E-state index contributed by atoms with van der Waals surface area (Å²) >= 11 is 3.58. The summed E-state index contributed by atoms with van der Waals surface area (Å²) in [5.74, 6) is 0. The number of unbranched alkanes of at least 4 members (excludes halogenated alkanes) is 1. The van der Waals surface area contributed by atoms with Crippen molar-refractivity contribution in [2.75, 3.05) is 6.54 Å². The summed E-state index contributed by atoms with van der Waals surface area (Å²) in [7, 11) is 0. The van der Waals surface area contributed by atoms with E-state index in [1.165, 1.54) is 15.4 Å². The van der Waals surface area contributed by atoms with E-state index < -0.39 is 0 Å². The molecule has 2 nitrogen and oxygen atoms in total. The molecule has 0 radical (unpaired) electrons. The Labute approximate surface area is 98.2 Å². The van der Waals surface area contributed by atoms with Crippen LogP contribution >= 0.6 is 15.9 Å². The van der Waals surface area contributed by atoms with Crippen molar-refractivity contribution in [1.29, 1.82) is 0 Å². The molecule has 0 atom stereocenters. The minimum atomic E-state index is 0.778. The molecule has 80 valence electrons. The Hall–Kier alpha value is -0.800. The normalized spacial score (nSPS) is 11.1. The summed E-state index contributed by atoms with van der Waals surface area (Å²) in [4.78, 5) is 0. The van der Waals surface area contributed by atoms with Crippen LogP contribution in [0.2, 0.25) is 0 Å². The zero-order valence-electron chi connectivity index (χ0n) is 8.62. The zero-order valence-corrected chi connectivity index (χ0v) is 10.2.